The highest BCUT2D eigenvalue weighted by Crippen LogP contribution is 2.36. The molecule has 0 aliphatic carbocycles. The molecule has 4 aromatic rings. The Kier molecular flexibility index (Phi) is 9.27. The largest absolute Gasteiger partial charge is 0.496 e. The molecule has 43 heavy (non-hydrogen) atoms. The molecule has 1 aliphatic heterocycles. The van der Waals surface area contributed by atoms with Gasteiger partial charge in [-0.3, -0.25) is 14.2 Å². The van der Waals surface area contributed by atoms with E-state index in [0.29, 0.717) is 60.8 Å². The second-order valence-corrected chi connectivity index (χ2v) is 11.7. The summed E-state index contributed by atoms with van der Waals surface area (Å²) in [6, 6.07) is 18.7. The maximum absolute atomic E-state index is 14.1. The first-order valence-electron chi connectivity index (χ1n) is 13.9. The van der Waals surface area contributed by atoms with E-state index in [2.05, 4.69) is 15.9 Å². The Morgan fingerprint density at radius 1 is 1.09 bits per heavy atom. The number of amides is 1. The van der Waals surface area contributed by atoms with Crippen LogP contribution in [-0.4, -0.2) is 35.6 Å². The summed E-state index contributed by atoms with van der Waals surface area (Å²) >= 11 is 4.81. The number of hydrogen-bond donors (Lipinski definition) is 0. The summed E-state index contributed by atoms with van der Waals surface area (Å²) in [5, 5.41) is 0. The van der Waals surface area contributed by atoms with E-state index in [1.54, 1.807) is 46.9 Å². The molecule has 0 saturated heterocycles. The van der Waals surface area contributed by atoms with Crippen molar-refractivity contribution in [2.45, 2.75) is 33.4 Å². The molecule has 0 spiro atoms. The molecule has 1 aliphatic rings. The van der Waals surface area contributed by atoms with E-state index in [1.807, 2.05) is 57.2 Å². The first-order chi connectivity index (χ1) is 20.8. The zero-order valence-electron chi connectivity index (χ0n) is 24.3. The lowest BCUT2D eigenvalue weighted by molar-refractivity contribution is -0.127. The van der Waals surface area contributed by atoms with Gasteiger partial charge in [-0.15, -0.1) is 0 Å². The number of carbonyl (C=O) groups is 1. The van der Waals surface area contributed by atoms with Crippen LogP contribution in [0.3, 0.4) is 0 Å². The summed E-state index contributed by atoms with van der Waals surface area (Å²) in [4.78, 5) is 34.8. The number of rotatable bonds is 9. The highest BCUT2D eigenvalue weighted by molar-refractivity contribution is 9.10. The fourth-order valence-electron chi connectivity index (χ4n) is 5.11. The molecule has 0 radical (unpaired) electrons. The molecule has 10 heteroatoms. The molecule has 222 valence electrons. The molecule has 3 aromatic carbocycles. The van der Waals surface area contributed by atoms with Gasteiger partial charge in [0, 0.05) is 24.2 Å². The number of methoxy groups -OCH3 is 1. The van der Waals surface area contributed by atoms with Crippen molar-refractivity contribution in [3.8, 4) is 11.5 Å². The van der Waals surface area contributed by atoms with Gasteiger partial charge in [-0.05, 0) is 72.6 Å². The number of ether oxygens (including phenoxy) is 2. The van der Waals surface area contributed by atoms with Gasteiger partial charge in [-0.1, -0.05) is 53.8 Å². The van der Waals surface area contributed by atoms with E-state index < -0.39 is 6.04 Å². The molecule has 0 bridgehead atoms. The van der Waals surface area contributed by atoms with Crippen molar-refractivity contribution in [1.82, 2.24) is 9.47 Å². The lowest BCUT2D eigenvalue weighted by atomic mass is 9.94. The molecule has 7 nitrogen and oxygen atoms in total. The molecule has 1 amide bonds. The number of benzene rings is 3. The SMILES string of the molecule is CCN(CC)C(=O)C1=C(C)N=c2s/c(=C/c3ccc(OCc4ccccc4F)c(Br)c3)c(=O)n2[C@H]1c1ccccc1OC. The number of allylic oxidation sites excluding steroid dienone is 1. The van der Waals surface area contributed by atoms with E-state index in [-0.39, 0.29) is 23.9 Å². The lowest BCUT2D eigenvalue weighted by Gasteiger charge is -2.29. The molecular weight excluding hydrogens is 633 g/mol. The van der Waals surface area contributed by atoms with Gasteiger partial charge in [-0.2, -0.15) is 0 Å². The molecular formula is C33H31BrFN3O4S. The van der Waals surface area contributed by atoms with Gasteiger partial charge in [0.2, 0.25) is 0 Å². The average Bonchev–Trinajstić information content (AvgIpc) is 3.31. The number of likely N-dealkylation sites (N-methyl/N-ethyl adjacent to an activating group) is 1. The maximum atomic E-state index is 14.1. The lowest BCUT2D eigenvalue weighted by Crippen LogP contribution is -2.43. The highest BCUT2D eigenvalue weighted by Gasteiger charge is 2.35. The molecule has 0 unspecified atom stereocenters. The topological polar surface area (TPSA) is 73.1 Å². The normalized spacial score (nSPS) is 14.7. The van der Waals surface area contributed by atoms with Gasteiger partial charge >= 0.3 is 0 Å². The number of nitrogens with zero attached hydrogens (tertiary/aromatic N) is 3. The Hall–Kier alpha value is -4.02. The maximum Gasteiger partial charge on any atom is 0.271 e. The number of hydrogen-bond acceptors (Lipinski definition) is 6. The van der Waals surface area contributed by atoms with Gasteiger partial charge in [-0.25, -0.2) is 9.38 Å². The van der Waals surface area contributed by atoms with Gasteiger partial charge in [0.1, 0.15) is 30.0 Å². The van der Waals surface area contributed by atoms with Crippen LogP contribution in [0.25, 0.3) is 6.08 Å². The molecule has 1 aromatic heterocycles. The summed E-state index contributed by atoms with van der Waals surface area (Å²) in [5.41, 5.74) is 2.69. The smallest absolute Gasteiger partial charge is 0.271 e. The summed E-state index contributed by atoms with van der Waals surface area (Å²) in [5.74, 6) is 0.644. The second kappa shape index (κ2) is 13.1. The van der Waals surface area contributed by atoms with Crippen molar-refractivity contribution in [3.05, 3.63) is 125 Å². The minimum atomic E-state index is -0.705. The van der Waals surface area contributed by atoms with Crippen LogP contribution in [0.5, 0.6) is 11.5 Å². The van der Waals surface area contributed by atoms with Crippen LogP contribution < -0.4 is 24.4 Å². The monoisotopic (exact) mass is 663 g/mol. The third-order valence-corrected chi connectivity index (χ3v) is 8.93. The Balaban J connectivity index is 1.57. The third kappa shape index (κ3) is 6.07. The number of fused-ring (bicyclic) bond motifs is 1. The number of para-hydroxylation sites is 1. The fraction of sp³-hybridized carbons (Fsp3) is 0.242. The number of halogens is 2. The summed E-state index contributed by atoms with van der Waals surface area (Å²) in [6.07, 6.45) is 1.79. The van der Waals surface area contributed by atoms with Crippen molar-refractivity contribution in [3.63, 3.8) is 0 Å². The number of thiazole rings is 1. The van der Waals surface area contributed by atoms with Crippen molar-refractivity contribution in [1.29, 1.82) is 0 Å². The molecule has 0 N–H and O–H groups in total. The van der Waals surface area contributed by atoms with E-state index in [4.69, 9.17) is 14.5 Å². The van der Waals surface area contributed by atoms with E-state index in [9.17, 15) is 14.0 Å². The Labute approximate surface area is 261 Å². The summed E-state index contributed by atoms with van der Waals surface area (Å²) in [7, 11) is 1.58. The van der Waals surface area contributed by atoms with Gasteiger partial charge in [0.05, 0.1) is 27.4 Å². The second-order valence-electron chi connectivity index (χ2n) is 9.87. The third-order valence-electron chi connectivity index (χ3n) is 7.33. The quantitative estimate of drug-likeness (QED) is 0.234. The molecule has 0 fully saturated rings. The summed E-state index contributed by atoms with van der Waals surface area (Å²) < 4.78 is 28.3. The Morgan fingerprint density at radius 2 is 1.81 bits per heavy atom. The minimum absolute atomic E-state index is 0.0834. The van der Waals surface area contributed by atoms with Crippen LogP contribution in [0.4, 0.5) is 4.39 Å². The van der Waals surface area contributed by atoms with E-state index in [0.717, 1.165) is 5.56 Å². The number of carbonyl (C=O) groups excluding carboxylic acids is 1. The summed E-state index contributed by atoms with van der Waals surface area (Å²) in [6.45, 7) is 6.82. The zero-order chi connectivity index (χ0) is 30.7. The number of aromatic nitrogens is 1. The predicted molar refractivity (Wildman–Crippen MR) is 170 cm³/mol. The van der Waals surface area contributed by atoms with E-state index >= 15 is 0 Å². The van der Waals surface area contributed by atoms with Crippen LogP contribution >= 0.6 is 27.3 Å². The first-order valence-corrected chi connectivity index (χ1v) is 15.5. The highest BCUT2D eigenvalue weighted by atomic mass is 79.9. The fourth-order valence-corrected chi connectivity index (χ4v) is 6.67. The van der Waals surface area contributed by atoms with Crippen molar-refractivity contribution in [2.24, 2.45) is 4.99 Å². The van der Waals surface area contributed by atoms with Gasteiger partial charge in [0.15, 0.2) is 4.80 Å². The molecule has 5 rings (SSSR count). The van der Waals surface area contributed by atoms with Crippen LogP contribution in [-0.2, 0) is 11.4 Å². The van der Waals surface area contributed by atoms with Crippen molar-refractivity contribution >= 4 is 39.2 Å². The van der Waals surface area contributed by atoms with Crippen LogP contribution in [0, 0.1) is 5.82 Å². The standard InChI is InChI=1S/C33H31BrFN3O4S/c1-5-37(6-2)32(40)29-20(3)36-33-38(30(29)23-12-8-10-14-26(23)41-4)31(39)28(43-33)18-21-15-16-27(24(34)17-21)42-19-22-11-7-9-13-25(22)35/h7-18,30H,5-6,19H2,1-4H3/b28-18+/t30-/m0/s1. The van der Waals surface area contributed by atoms with Crippen LogP contribution in [0.1, 0.15) is 43.5 Å². The Morgan fingerprint density at radius 3 is 2.51 bits per heavy atom. The van der Waals surface area contributed by atoms with E-state index in [1.165, 1.54) is 17.4 Å². The zero-order valence-corrected chi connectivity index (χ0v) is 26.7. The molecule has 2 heterocycles. The van der Waals surface area contributed by atoms with Crippen molar-refractivity contribution in [2.75, 3.05) is 20.2 Å². The van der Waals surface area contributed by atoms with Crippen LogP contribution in [0.2, 0.25) is 0 Å². The minimum Gasteiger partial charge on any atom is -0.496 e. The molecule has 0 saturated carbocycles. The van der Waals surface area contributed by atoms with Crippen molar-refractivity contribution < 1.29 is 18.7 Å². The average molecular weight is 665 g/mol. The first kappa shape index (κ1) is 30.4. The predicted octanol–water partition coefficient (Wildman–Crippen LogP) is 5.59. The Bertz CT molecular complexity index is 1890. The van der Waals surface area contributed by atoms with Crippen LogP contribution in [0.15, 0.2) is 92.3 Å². The van der Waals surface area contributed by atoms with Gasteiger partial charge in [0.25, 0.3) is 11.5 Å². The van der Waals surface area contributed by atoms with Gasteiger partial charge < -0.3 is 14.4 Å². The molecule has 1 atom stereocenters.